The van der Waals surface area contributed by atoms with Crippen molar-refractivity contribution in [3.05, 3.63) is 77.5 Å². The van der Waals surface area contributed by atoms with Crippen molar-refractivity contribution in [1.82, 2.24) is 9.78 Å². The molecule has 0 atom stereocenters. The molecule has 3 aromatic carbocycles. The first-order valence-corrected chi connectivity index (χ1v) is 12.6. The molecular formula is C30H29N3O4. The lowest BCUT2D eigenvalue weighted by molar-refractivity contribution is -0.142. The highest BCUT2D eigenvalue weighted by atomic mass is 16.5. The fraction of sp³-hybridized carbons (Fsp3) is 0.300. The lowest BCUT2D eigenvalue weighted by Gasteiger charge is -2.26. The highest BCUT2D eigenvalue weighted by Gasteiger charge is 2.24. The predicted molar refractivity (Wildman–Crippen MR) is 140 cm³/mol. The summed E-state index contributed by atoms with van der Waals surface area (Å²) in [4.78, 5) is 12.1. The minimum atomic E-state index is -0.281. The van der Waals surface area contributed by atoms with Crippen molar-refractivity contribution in [2.45, 2.75) is 45.3 Å². The summed E-state index contributed by atoms with van der Waals surface area (Å²) in [5, 5.41) is 15.5. The van der Waals surface area contributed by atoms with Crippen LogP contribution in [-0.2, 0) is 22.6 Å². The van der Waals surface area contributed by atoms with Crippen LogP contribution in [0.5, 0.6) is 11.5 Å². The lowest BCUT2D eigenvalue weighted by atomic mass is 9.93. The Morgan fingerprint density at radius 2 is 1.97 bits per heavy atom. The van der Waals surface area contributed by atoms with Gasteiger partial charge in [-0.1, -0.05) is 36.4 Å². The van der Waals surface area contributed by atoms with Gasteiger partial charge in [-0.3, -0.25) is 9.48 Å². The van der Waals surface area contributed by atoms with Gasteiger partial charge in [0.1, 0.15) is 29.9 Å². The molecule has 7 nitrogen and oxygen atoms in total. The zero-order valence-electron chi connectivity index (χ0n) is 21.1. The van der Waals surface area contributed by atoms with E-state index in [-0.39, 0.29) is 19.0 Å². The molecule has 0 unspecified atom stereocenters. The van der Waals surface area contributed by atoms with Crippen molar-refractivity contribution >= 4 is 16.9 Å². The van der Waals surface area contributed by atoms with Crippen molar-refractivity contribution in [3.63, 3.8) is 0 Å². The summed E-state index contributed by atoms with van der Waals surface area (Å²) in [7, 11) is 1.58. The molecule has 1 aliphatic rings. The van der Waals surface area contributed by atoms with E-state index in [1.165, 1.54) is 6.42 Å². The largest absolute Gasteiger partial charge is 0.495 e. The first-order chi connectivity index (χ1) is 18.1. The number of hydrogen-bond acceptors (Lipinski definition) is 6. The Morgan fingerprint density at radius 3 is 2.70 bits per heavy atom. The smallest absolute Gasteiger partial charge is 0.310 e. The quantitative estimate of drug-likeness (QED) is 0.265. The van der Waals surface area contributed by atoms with Crippen molar-refractivity contribution in [3.8, 4) is 28.7 Å². The number of nitriles is 1. The second-order valence-electron chi connectivity index (χ2n) is 9.08. The number of benzene rings is 3. The van der Waals surface area contributed by atoms with E-state index in [4.69, 9.17) is 19.3 Å². The van der Waals surface area contributed by atoms with E-state index in [2.05, 4.69) is 29.0 Å². The Balaban J connectivity index is 1.51. The van der Waals surface area contributed by atoms with Crippen molar-refractivity contribution in [2.75, 3.05) is 13.7 Å². The van der Waals surface area contributed by atoms with Crippen molar-refractivity contribution in [1.29, 1.82) is 5.26 Å². The molecule has 5 rings (SSSR count). The maximum absolute atomic E-state index is 12.1. The minimum absolute atomic E-state index is 0.153. The van der Waals surface area contributed by atoms with Crippen LogP contribution in [0.25, 0.3) is 22.0 Å². The molecule has 4 aromatic rings. The number of carbonyl (C=O) groups excluding carboxylic acids is 1. The molecule has 0 N–H and O–H groups in total. The minimum Gasteiger partial charge on any atom is -0.495 e. The monoisotopic (exact) mass is 495 g/mol. The van der Waals surface area contributed by atoms with E-state index >= 15 is 0 Å². The number of hydrogen-bond donors (Lipinski definition) is 0. The number of fused-ring (bicyclic) bond motifs is 1. The van der Waals surface area contributed by atoms with E-state index in [0.717, 1.165) is 46.1 Å². The Morgan fingerprint density at radius 1 is 1.14 bits per heavy atom. The third kappa shape index (κ3) is 4.88. The molecule has 1 fully saturated rings. The van der Waals surface area contributed by atoms with Crippen molar-refractivity contribution in [2.24, 2.45) is 0 Å². The third-order valence-electron chi connectivity index (χ3n) is 6.83. The zero-order chi connectivity index (χ0) is 25.8. The Kier molecular flexibility index (Phi) is 7.09. The van der Waals surface area contributed by atoms with Gasteiger partial charge in [-0.25, -0.2) is 0 Å². The Labute approximate surface area is 216 Å². The van der Waals surface area contributed by atoms with Gasteiger partial charge in [0.15, 0.2) is 0 Å². The average Bonchev–Trinajstić information content (AvgIpc) is 3.23. The molecule has 0 saturated heterocycles. The van der Waals surface area contributed by atoms with Crippen LogP contribution in [0, 0.1) is 11.3 Å². The maximum atomic E-state index is 12.1. The average molecular weight is 496 g/mol. The van der Waals surface area contributed by atoms with E-state index in [1.54, 1.807) is 20.1 Å². The lowest BCUT2D eigenvalue weighted by Crippen LogP contribution is -2.18. The number of rotatable bonds is 9. The molecule has 0 aliphatic heterocycles. The van der Waals surface area contributed by atoms with Gasteiger partial charge in [0.2, 0.25) is 0 Å². The zero-order valence-corrected chi connectivity index (χ0v) is 21.1. The maximum Gasteiger partial charge on any atom is 0.310 e. The molecule has 1 saturated carbocycles. The van der Waals surface area contributed by atoms with Gasteiger partial charge in [-0.2, -0.15) is 10.4 Å². The number of para-hydroxylation sites is 2. The number of esters is 1. The molecule has 0 bridgehead atoms. The van der Waals surface area contributed by atoms with Gasteiger partial charge >= 0.3 is 5.97 Å². The standard InChI is InChI=1S/C30H29N3O4/c1-3-36-29(34)17-21-8-4-5-13-28(21)37-19-26-25-16-20(24-12-6-9-22(18-31)30(24)35-2)14-15-27(25)33(32-26)23-10-7-11-23/h4-6,8-9,12-16,23H,3,7,10-11,17,19H2,1-2H3. The predicted octanol–water partition coefficient (Wildman–Crippen LogP) is 5.99. The second-order valence-corrected chi connectivity index (χ2v) is 9.08. The summed E-state index contributed by atoms with van der Waals surface area (Å²) < 4.78 is 19.1. The van der Waals surface area contributed by atoms with E-state index in [1.807, 2.05) is 36.4 Å². The van der Waals surface area contributed by atoms with Crippen LogP contribution in [0.3, 0.4) is 0 Å². The SMILES string of the molecule is CCOC(=O)Cc1ccccc1OCc1nn(C2CCC2)c2ccc(-c3cccc(C#N)c3OC)cc12. The van der Waals surface area contributed by atoms with Crippen LogP contribution in [0.1, 0.15) is 49.0 Å². The summed E-state index contributed by atoms with van der Waals surface area (Å²) in [6, 6.07) is 21.9. The molecule has 7 heteroatoms. The fourth-order valence-corrected chi connectivity index (χ4v) is 4.77. The summed E-state index contributed by atoms with van der Waals surface area (Å²) in [5.41, 5.74) is 4.95. The topological polar surface area (TPSA) is 86.4 Å². The van der Waals surface area contributed by atoms with Gasteiger partial charge < -0.3 is 14.2 Å². The number of carbonyl (C=O) groups is 1. The van der Waals surface area contributed by atoms with Crippen LogP contribution in [0.4, 0.5) is 0 Å². The van der Waals surface area contributed by atoms with Crippen molar-refractivity contribution < 1.29 is 19.0 Å². The normalized spacial score (nSPS) is 13.1. The van der Waals surface area contributed by atoms with Gasteiger partial charge in [0.05, 0.1) is 37.3 Å². The van der Waals surface area contributed by atoms with E-state index in [9.17, 15) is 10.1 Å². The molecule has 1 aromatic heterocycles. The van der Waals surface area contributed by atoms with Crippen LogP contribution >= 0.6 is 0 Å². The fourth-order valence-electron chi connectivity index (χ4n) is 4.77. The number of aromatic nitrogens is 2. The number of ether oxygens (including phenoxy) is 3. The molecular weight excluding hydrogens is 466 g/mol. The summed E-state index contributed by atoms with van der Waals surface area (Å²) in [6.45, 7) is 2.40. The van der Waals surface area contributed by atoms with Gasteiger partial charge in [0.25, 0.3) is 0 Å². The molecule has 188 valence electrons. The molecule has 0 spiro atoms. The molecule has 1 aliphatic carbocycles. The molecule has 0 radical (unpaired) electrons. The first kappa shape index (κ1) is 24.4. The highest BCUT2D eigenvalue weighted by Crippen LogP contribution is 2.38. The van der Waals surface area contributed by atoms with Crippen LogP contribution < -0.4 is 9.47 Å². The Hall–Kier alpha value is -4.31. The van der Waals surface area contributed by atoms with E-state index < -0.39 is 0 Å². The summed E-state index contributed by atoms with van der Waals surface area (Å²) >= 11 is 0. The first-order valence-electron chi connectivity index (χ1n) is 12.6. The summed E-state index contributed by atoms with van der Waals surface area (Å²) in [5.74, 6) is 0.916. The van der Waals surface area contributed by atoms with Crippen LogP contribution in [0.2, 0.25) is 0 Å². The van der Waals surface area contributed by atoms with Gasteiger partial charge in [0, 0.05) is 16.5 Å². The van der Waals surface area contributed by atoms with E-state index in [0.29, 0.717) is 29.7 Å². The highest BCUT2D eigenvalue weighted by molar-refractivity contribution is 5.89. The molecule has 1 heterocycles. The molecule has 0 amide bonds. The van der Waals surface area contributed by atoms with Gasteiger partial charge in [-0.15, -0.1) is 0 Å². The van der Waals surface area contributed by atoms with Crippen LogP contribution in [-0.4, -0.2) is 29.5 Å². The van der Waals surface area contributed by atoms with Gasteiger partial charge in [-0.05, 0) is 56.0 Å². The van der Waals surface area contributed by atoms with Crippen LogP contribution in [0.15, 0.2) is 60.7 Å². The number of methoxy groups -OCH3 is 1. The Bertz CT molecular complexity index is 1480. The third-order valence-corrected chi connectivity index (χ3v) is 6.83. The second kappa shape index (κ2) is 10.8. The summed E-state index contributed by atoms with van der Waals surface area (Å²) in [6.07, 6.45) is 3.58. The molecule has 37 heavy (non-hydrogen) atoms. The number of nitrogens with zero attached hydrogens (tertiary/aromatic N) is 3.